The number of nitrogens with zero attached hydrogens (tertiary/aromatic N) is 1. The standard InChI is InChI=1S/C18H18ClNO/c19-15-6-7-16-17-11-20(9-13-4-2-1-3-5-13)10-14(17)12-21-18(16)8-15/h1-8,14,17H,9-12H2/t14-,17+/m1/s1. The molecule has 0 aliphatic carbocycles. The molecule has 21 heavy (non-hydrogen) atoms. The number of rotatable bonds is 2. The minimum absolute atomic E-state index is 0.578. The third-order valence-electron chi connectivity index (χ3n) is 4.59. The van der Waals surface area contributed by atoms with Crippen molar-refractivity contribution >= 4 is 11.6 Å². The highest BCUT2D eigenvalue weighted by Crippen LogP contribution is 2.42. The Labute approximate surface area is 130 Å². The summed E-state index contributed by atoms with van der Waals surface area (Å²) < 4.78 is 5.91. The Morgan fingerprint density at radius 1 is 1.10 bits per heavy atom. The fourth-order valence-corrected chi connectivity index (χ4v) is 3.75. The predicted octanol–water partition coefficient (Wildman–Crippen LogP) is 3.95. The van der Waals surface area contributed by atoms with E-state index in [0.29, 0.717) is 11.8 Å². The zero-order valence-corrected chi connectivity index (χ0v) is 12.6. The Kier molecular flexibility index (Phi) is 3.36. The highest BCUT2D eigenvalue weighted by atomic mass is 35.5. The molecule has 2 aromatic rings. The summed E-state index contributed by atoms with van der Waals surface area (Å²) in [6, 6.07) is 16.8. The van der Waals surface area contributed by atoms with Crippen LogP contribution in [0.5, 0.6) is 5.75 Å². The van der Waals surface area contributed by atoms with Gasteiger partial charge in [0.25, 0.3) is 0 Å². The van der Waals surface area contributed by atoms with E-state index in [9.17, 15) is 0 Å². The van der Waals surface area contributed by atoms with Gasteiger partial charge in [0.15, 0.2) is 0 Å². The maximum Gasteiger partial charge on any atom is 0.124 e. The number of halogens is 1. The first-order valence-electron chi connectivity index (χ1n) is 7.48. The van der Waals surface area contributed by atoms with E-state index in [1.54, 1.807) is 0 Å². The van der Waals surface area contributed by atoms with Gasteiger partial charge in [-0.05, 0) is 23.3 Å². The van der Waals surface area contributed by atoms with Crippen molar-refractivity contribution in [2.45, 2.75) is 12.5 Å². The molecule has 2 aliphatic heterocycles. The molecule has 108 valence electrons. The van der Waals surface area contributed by atoms with Gasteiger partial charge in [-0.3, -0.25) is 4.90 Å². The number of hydrogen-bond donors (Lipinski definition) is 0. The molecular weight excluding hydrogens is 282 g/mol. The molecule has 2 aliphatic rings. The Morgan fingerprint density at radius 2 is 1.95 bits per heavy atom. The van der Waals surface area contributed by atoms with Crippen LogP contribution in [0.15, 0.2) is 48.5 Å². The van der Waals surface area contributed by atoms with Gasteiger partial charge in [-0.25, -0.2) is 0 Å². The predicted molar refractivity (Wildman–Crippen MR) is 84.9 cm³/mol. The second kappa shape index (κ2) is 5.36. The van der Waals surface area contributed by atoms with Gasteiger partial charge in [0.05, 0.1) is 6.61 Å². The van der Waals surface area contributed by atoms with Crippen molar-refractivity contribution < 1.29 is 4.74 Å². The first-order chi connectivity index (χ1) is 10.3. The minimum atomic E-state index is 0.578. The van der Waals surface area contributed by atoms with Crippen LogP contribution in [0.2, 0.25) is 5.02 Å². The van der Waals surface area contributed by atoms with Crippen molar-refractivity contribution in [3.05, 3.63) is 64.7 Å². The number of hydrogen-bond acceptors (Lipinski definition) is 2. The Morgan fingerprint density at radius 3 is 2.81 bits per heavy atom. The summed E-state index contributed by atoms with van der Waals surface area (Å²) in [6.45, 7) is 4.05. The van der Waals surface area contributed by atoms with Crippen LogP contribution < -0.4 is 4.74 Å². The largest absolute Gasteiger partial charge is 0.493 e. The van der Waals surface area contributed by atoms with Crippen LogP contribution in [0.1, 0.15) is 17.0 Å². The number of fused-ring (bicyclic) bond motifs is 3. The van der Waals surface area contributed by atoms with E-state index in [1.165, 1.54) is 11.1 Å². The second-order valence-corrected chi connectivity index (χ2v) is 6.48. The molecule has 0 unspecified atom stereocenters. The third-order valence-corrected chi connectivity index (χ3v) is 4.83. The molecule has 3 heteroatoms. The molecule has 0 radical (unpaired) electrons. The lowest BCUT2D eigenvalue weighted by Crippen LogP contribution is -2.25. The van der Waals surface area contributed by atoms with Gasteiger partial charge in [-0.15, -0.1) is 0 Å². The van der Waals surface area contributed by atoms with Crippen molar-refractivity contribution in [2.75, 3.05) is 19.7 Å². The van der Waals surface area contributed by atoms with Gasteiger partial charge in [0.1, 0.15) is 5.75 Å². The van der Waals surface area contributed by atoms with Crippen LogP contribution in [0.4, 0.5) is 0 Å². The van der Waals surface area contributed by atoms with Crippen LogP contribution in [0, 0.1) is 5.92 Å². The quantitative estimate of drug-likeness (QED) is 0.832. The molecule has 2 atom stereocenters. The maximum absolute atomic E-state index is 6.07. The molecule has 2 heterocycles. The minimum Gasteiger partial charge on any atom is -0.493 e. The average molecular weight is 300 g/mol. The summed E-state index contributed by atoms with van der Waals surface area (Å²) in [6.07, 6.45) is 0. The van der Waals surface area contributed by atoms with Crippen LogP contribution in [0.25, 0.3) is 0 Å². The lowest BCUT2D eigenvalue weighted by atomic mass is 9.87. The summed E-state index contributed by atoms with van der Waals surface area (Å²) in [7, 11) is 0. The Hall–Kier alpha value is -1.51. The van der Waals surface area contributed by atoms with E-state index in [0.717, 1.165) is 37.0 Å². The molecule has 1 fully saturated rings. The molecule has 1 saturated heterocycles. The summed E-state index contributed by atoms with van der Waals surface area (Å²) >= 11 is 6.07. The van der Waals surface area contributed by atoms with E-state index in [2.05, 4.69) is 41.3 Å². The highest BCUT2D eigenvalue weighted by molar-refractivity contribution is 6.30. The van der Waals surface area contributed by atoms with Crippen molar-refractivity contribution in [2.24, 2.45) is 5.92 Å². The number of ether oxygens (including phenoxy) is 1. The molecular formula is C18H18ClNO. The SMILES string of the molecule is Clc1ccc2c(c1)OC[C@H]1CN(Cc3ccccc3)C[C@H]21. The molecule has 0 spiro atoms. The second-order valence-electron chi connectivity index (χ2n) is 6.04. The summed E-state index contributed by atoms with van der Waals surface area (Å²) in [5.74, 6) is 2.16. The lowest BCUT2D eigenvalue weighted by molar-refractivity contribution is 0.212. The van der Waals surface area contributed by atoms with Gasteiger partial charge < -0.3 is 4.74 Å². The average Bonchev–Trinajstić information content (AvgIpc) is 2.90. The van der Waals surface area contributed by atoms with Crippen LogP contribution >= 0.6 is 11.6 Å². The molecule has 0 N–H and O–H groups in total. The summed E-state index contributed by atoms with van der Waals surface area (Å²) in [5, 5.41) is 0.756. The zero-order chi connectivity index (χ0) is 14.2. The fraction of sp³-hybridized carbons (Fsp3) is 0.333. The van der Waals surface area contributed by atoms with Gasteiger partial charge in [-0.2, -0.15) is 0 Å². The van der Waals surface area contributed by atoms with E-state index >= 15 is 0 Å². The topological polar surface area (TPSA) is 12.5 Å². The van der Waals surface area contributed by atoms with Crippen molar-refractivity contribution in [3.63, 3.8) is 0 Å². The summed E-state index contributed by atoms with van der Waals surface area (Å²) in [5.41, 5.74) is 2.71. The molecule has 2 nitrogen and oxygen atoms in total. The molecule has 0 amide bonds. The normalized spacial score (nSPS) is 24.2. The van der Waals surface area contributed by atoms with E-state index in [4.69, 9.17) is 16.3 Å². The third kappa shape index (κ3) is 2.54. The molecule has 0 saturated carbocycles. The lowest BCUT2D eigenvalue weighted by Gasteiger charge is -2.27. The van der Waals surface area contributed by atoms with Gasteiger partial charge in [0.2, 0.25) is 0 Å². The highest BCUT2D eigenvalue weighted by Gasteiger charge is 2.38. The van der Waals surface area contributed by atoms with Crippen molar-refractivity contribution in [1.29, 1.82) is 0 Å². The van der Waals surface area contributed by atoms with Crippen LogP contribution in [-0.2, 0) is 6.54 Å². The molecule has 0 aromatic heterocycles. The van der Waals surface area contributed by atoms with Crippen LogP contribution in [-0.4, -0.2) is 24.6 Å². The number of benzene rings is 2. The first-order valence-corrected chi connectivity index (χ1v) is 7.86. The van der Waals surface area contributed by atoms with Gasteiger partial charge >= 0.3 is 0 Å². The fourth-order valence-electron chi connectivity index (χ4n) is 3.59. The summed E-state index contributed by atoms with van der Waals surface area (Å²) in [4.78, 5) is 2.54. The Bertz CT molecular complexity index is 643. The van der Waals surface area contributed by atoms with E-state index in [1.807, 2.05) is 12.1 Å². The van der Waals surface area contributed by atoms with Gasteiger partial charge in [0, 0.05) is 36.5 Å². The van der Waals surface area contributed by atoms with E-state index in [-0.39, 0.29) is 0 Å². The molecule has 0 bridgehead atoms. The maximum atomic E-state index is 6.07. The van der Waals surface area contributed by atoms with E-state index < -0.39 is 0 Å². The van der Waals surface area contributed by atoms with Crippen LogP contribution in [0.3, 0.4) is 0 Å². The van der Waals surface area contributed by atoms with Gasteiger partial charge in [-0.1, -0.05) is 48.0 Å². The zero-order valence-electron chi connectivity index (χ0n) is 11.8. The van der Waals surface area contributed by atoms with Crippen molar-refractivity contribution in [1.82, 2.24) is 4.90 Å². The Balaban J connectivity index is 1.54. The smallest absolute Gasteiger partial charge is 0.124 e. The molecule has 2 aromatic carbocycles. The van der Waals surface area contributed by atoms with Crippen molar-refractivity contribution in [3.8, 4) is 5.75 Å². The molecule has 4 rings (SSSR count). The number of likely N-dealkylation sites (tertiary alicyclic amines) is 1. The monoisotopic (exact) mass is 299 g/mol. The first kappa shape index (κ1) is 13.2.